The van der Waals surface area contributed by atoms with E-state index in [4.69, 9.17) is 0 Å². The van der Waals surface area contributed by atoms with Gasteiger partial charge in [-0.1, -0.05) is 42.5 Å². The van der Waals surface area contributed by atoms with E-state index in [-0.39, 0.29) is 12.6 Å². The Labute approximate surface area is 125 Å². The fraction of sp³-hybridized carbons (Fsp3) is 0.375. The smallest absolute Gasteiger partial charge is 0.317 e. The van der Waals surface area contributed by atoms with Gasteiger partial charge in [0.25, 0.3) is 0 Å². The molecule has 0 spiro atoms. The van der Waals surface area contributed by atoms with Crippen LogP contribution < -0.4 is 5.32 Å². The van der Waals surface area contributed by atoms with E-state index < -0.39 is 11.9 Å². The third-order valence-electron chi connectivity index (χ3n) is 3.09. The molecule has 2 N–H and O–H groups in total. The highest BCUT2D eigenvalue weighted by molar-refractivity contribution is 5.79. The second-order valence-electron chi connectivity index (χ2n) is 4.96. The molecular weight excluding hydrogens is 268 g/mol. The van der Waals surface area contributed by atoms with E-state index in [2.05, 4.69) is 11.9 Å². The third kappa shape index (κ3) is 5.30. The number of benzene rings is 1. The number of hydrogen-bond donors (Lipinski definition) is 2. The van der Waals surface area contributed by atoms with Crippen LogP contribution in [0.15, 0.2) is 42.5 Å². The lowest BCUT2D eigenvalue weighted by atomic mass is 9.99. The van der Waals surface area contributed by atoms with Crippen LogP contribution in [-0.2, 0) is 4.79 Å². The van der Waals surface area contributed by atoms with Crippen molar-refractivity contribution in [2.24, 2.45) is 0 Å². The second-order valence-corrected chi connectivity index (χ2v) is 4.96. The van der Waals surface area contributed by atoms with Gasteiger partial charge in [-0.2, -0.15) is 0 Å². The summed E-state index contributed by atoms with van der Waals surface area (Å²) in [7, 11) is 0. The number of aliphatic carboxylic acids is 1. The van der Waals surface area contributed by atoms with Crippen LogP contribution in [0.5, 0.6) is 0 Å². The van der Waals surface area contributed by atoms with Gasteiger partial charge < -0.3 is 15.3 Å². The molecule has 1 rings (SSSR count). The lowest BCUT2D eigenvalue weighted by Gasteiger charge is -2.22. The molecule has 1 aromatic carbocycles. The number of carboxylic acids is 1. The highest BCUT2D eigenvalue weighted by Crippen LogP contribution is 2.14. The summed E-state index contributed by atoms with van der Waals surface area (Å²) >= 11 is 0. The van der Waals surface area contributed by atoms with Crippen molar-refractivity contribution >= 4 is 12.0 Å². The fourth-order valence-electron chi connectivity index (χ4n) is 1.99. The molecule has 0 bridgehead atoms. The van der Waals surface area contributed by atoms with Crippen molar-refractivity contribution < 1.29 is 14.7 Å². The Morgan fingerprint density at radius 1 is 1.33 bits per heavy atom. The molecule has 5 nitrogen and oxygen atoms in total. The van der Waals surface area contributed by atoms with Crippen LogP contribution in [0.1, 0.15) is 25.3 Å². The topological polar surface area (TPSA) is 69.6 Å². The van der Waals surface area contributed by atoms with Crippen LogP contribution in [0.4, 0.5) is 4.79 Å². The van der Waals surface area contributed by atoms with E-state index in [0.29, 0.717) is 18.7 Å². The molecule has 21 heavy (non-hydrogen) atoms. The van der Waals surface area contributed by atoms with Gasteiger partial charge in [0.05, 0.1) is 5.92 Å². The van der Waals surface area contributed by atoms with E-state index in [0.717, 1.165) is 5.57 Å². The minimum Gasteiger partial charge on any atom is -0.481 e. The SMILES string of the molecule is C=C(C)CN(CC)C(=O)NCC(C(=O)O)c1ccccc1. The van der Waals surface area contributed by atoms with Crippen molar-refractivity contribution in [3.05, 3.63) is 48.0 Å². The molecule has 0 saturated carbocycles. The summed E-state index contributed by atoms with van der Waals surface area (Å²) in [4.78, 5) is 25.0. The first kappa shape index (κ1) is 16.8. The summed E-state index contributed by atoms with van der Waals surface area (Å²) in [5, 5.41) is 12.0. The van der Waals surface area contributed by atoms with Gasteiger partial charge in [0.1, 0.15) is 0 Å². The predicted molar refractivity (Wildman–Crippen MR) is 82.3 cm³/mol. The Hall–Kier alpha value is -2.30. The monoisotopic (exact) mass is 290 g/mol. The molecule has 0 saturated heterocycles. The number of carbonyl (C=O) groups excluding carboxylic acids is 1. The highest BCUT2D eigenvalue weighted by atomic mass is 16.4. The second kappa shape index (κ2) is 8.09. The third-order valence-corrected chi connectivity index (χ3v) is 3.09. The van der Waals surface area contributed by atoms with E-state index >= 15 is 0 Å². The minimum absolute atomic E-state index is 0.0604. The van der Waals surface area contributed by atoms with Gasteiger partial charge in [0.2, 0.25) is 0 Å². The number of hydrogen-bond acceptors (Lipinski definition) is 2. The molecule has 0 heterocycles. The molecule has 114 valence electrons. The standard InChI is InChI=1S/C16H22N2O3/c1-4-18(11-12(2)3)16(21)17-10-14(15(19)20)13-8-6-5-7-9-13/h5-9,14H,2,4,10-11H2,1,3H3,(H,17,21)(H,19,20). The maximum Gasteiger partial charge on any atom is 0.317 e. The fourth-order valence-corrected chi connectivity index (χ4v) is 1.99. The van der Waals surface area contributed by atoms with E-state index in [1.807, 2.05) is 19.9 Å². The lowest BCUT2D eigenvalue weighted by Crippen LogP contribution is -2.43. The van der Waals surface area contributed by atoms with Crippen LogP contribution in [0, 0.1) is 0 Å². The number of carboxylic acid groups (broad SMARTS) is 1. The van der Waals surface area contributed by atoms with Gasteiger partial charge in [0.15, 0.2) is 0 Å². The van der Waals surface area contributed by atoms with Crippen molar-refractivity contribution in [1.82, 2.24) is 10.2 Å². The number of rotatable bonds is 7. The Balaban J connectivity index is 2.67. The summed E-state index contributed by atoms with van der Waals surface area (Å²) in [6, 6.07) is 8.61. The van der Waals surface area contributed by atoms with Gasteiger partial charge in [-0.3, -0.25) is 4.79 Å². The molecule has 2 amide bonds. The average Bonchev–Trinajstić information content (AvgIpc) is 2.45. The lowest BCUT2D eigenvalue weighted by molar-refractivity contribution is -0.138. The van der Waals surface area contributed by atoms with Crippen molar-refractivity contribution in [2.75, 3.05) is 19.6 Å². The maximum atomic E-state index is 12.0. The number of likely N-dealkylation sites (N-methyl/N-ethyl adjacent to an activating group) is 1. The summed E-state index contributed by atoms with van der Waals surface area (Å²) in [6.45, 7) is 8.56. The highest BCUT2D eigenvalue weighted by Gasteiger charge is 2.21. The summed E-state index contributed by atoms with van der Waals surface area (Å²) in [5.74, 6) is -1.71. The average molecular weight is 290 g/mol. The zero-order valence-corrected chi connectivity index (χ0v) is 12.5. The number of nitrogens with one attached hydrogen (secondary N) is 1. The molecule has 1 unspecified atom stereocenters. The predicted octanol–water partition coefficient (Wildman–Crippen LogP) is 2.46. The Bertz CT molecular complexity index is 500. The summed E-state index contributed by atoms with van der Waals surface area (Å²) in [6.07, 6.45) is 0. The summed E-state index contributed by atoms with van der Waals surface area (Å²) < 4.78 is 0. The number of nitrogens with zero attached hydrogens (tertiary/aromatic N) is 1. The van der Waals surface area contributed by atoms with E-state index in [9.17, 15) is 14.7 Å². The molecule has 0 radical (unpaired) electrons. The molecule has 0 aliphatic carbocycles. The summed E-state index contributed by atoms with van der Waals surface area (Å²) in [5.41, 5.74) is 1.55. The number of amides is 2. The first-order chi connectivity index (χ1) is 9.95. The normalized spacial score (nSPS) is 11.5. The molecule has 5 heteroatoms. The molecule has 0 aromatic heterocycles. The van der Waals surface area contributed by atoms with Gasteiger partial charge in [-0.15, -0.1) is 0 Å². The molecule has 0 aliphatic rings. The number of carbonyl (C=O) groups is 2. The quantitative estimate of drug-likeness (QED) is 0.758. The number of urea groups is 1. The first-order valence-electron chi connectivity index (χ1n) is 6.90. The van der Waals surface area contributed by atoms with Crippen molar-refractivity contribution in [3.8, 4) is 0 Å². The largest absolute Gasteiger partial charge is 0.481 e. The zero-order valence-electron chi connectivity index (χ0n) is 12.5. The van der Waals surface area contributed by atoms with Crippen LogP contribution >= 0.6 is 0 Å². The van der Waals surface area contributed by atoms with Crippen molar-refractivity contribution in [1.29, 1.82) is 0 Å². The van der Waals surface area contributed by atoms with Gasteiger partial charge in [0, 0.05) is 19.6 Å². The van der Waals surface area contributed by atoms with Gasteiger partial charge in [-0.25, -0.2) is 4.79 Å². The Morgan fingerprint density at radius 3 is 2.43 bits per heavy atom. The Kier molecular flexibility index (Phi) is 6.46. The van der Waals surface area contributed by atoms with Gasteiger partial charge in [-0.05, 0) is 19.4 Å². The molecule has 0 aliphatic heterocycles. The van der Waals surface area contributed by atoms with Crippen LogP contribution in [0.3, 0.4) is 0 Å². The first-order valence-corrected chi connectivity index (χ1v) is 6.90. The minimum atomic E-state index is -0.954. The Morgan fingerprint density at radius 2 is 1.95 bits per heavy atom. The van der Waals surface area contributed by atoms with Crippen LogP contribution in [0.25, 0.3) is 0 Å². The van der Waals surface area contributed by atoms with Crippen molar-refractivity contribution in [3.63, 3.8) is 0 Å². The van der Waals surface area contributed by atoms with Crippen LogP contribution in [0.2, 0.25) is 0 Å². The van der Waals surface area contributed by atoms with Gasteiger partial charge >= 0.3 is 12.0 Å². The molecule has 1 aromatic rings. The van der Waals surface area contributed by atoms with Crippen molar-refractivity contribution in [2.45, 2.75) is 19.8 Å². The maximum absolute atomic E-state index is 12.0. The van der Waals surface area contributed by atoms with E-state index in [1.54, 1.807) is 29.2 Å². The molecular formula is C16H22N2O3. The van der Waals surface area contributed by atoms with E-state index in [1.165, 1.54) is 0 Å². The zero-order chi connectivity index (χ0) is 15.8. The van der Waals surface area contributed by atoms with Crippen LogP contribution in [-0.4, -0.2) is 41.6 Å². The molecule has 1 atom stereocenters. The molecule has 0 fully saturated rings.